The Morgan fingerprint density at radius 1 is 1.08 bits per heavy atom. The van der Waals surface area contributed by atoms with Crippen molar-refractivity contribution in [2.45, 2.75) is 6.92 Å². The molecule has 2 aromatic carbocycles. The van der Waals surface area contributed by atoms with Gasteiger partial charge in [0.05, 0.1) is 23.4 Å². The second-order valence-corrected chi connectivity index (χ2v) is 6.46. The van der Waals surface area contributed by atoms with E-state index in [1.165, 1.54) is 0 Å². The molecule has 0 atom stereocenters. The van der Waals surface area contributed by atoms with E-state index >= 15 is 0 Å². The molecule has 3 amide bonds. The van der Waals surface area contributed by atoms with Crippen LogP contribution >= 0.6 is 15.9 Å². The van der Waals surface area contributed by atoms with Gasteiger partial charge in [0.2, 0.25) is 0 Å². The van der Waals surface area contributed by atoms with Crippen LogP contribution in [0, 0.1) is 0 Å². The van der Waals surface area contributed by atoms with E-state index in [1.807, 2.05) is 6.07 Å². The number of rotatable bonds is 4. The molecule has 1 aliphatic heterocycles. The molecule has 0 fully saturated rings. The van der Waals surface area contributed by atoms with Gasteiger partial charge in [0, 0.05) is 10.0 Å². The van der Waals surface area contributed by atoms with Crippen molar-refractivity contribution in [1.82, 2.24) is 10.3 Å². The molecule has 1 N–H and O–H groups in total. The van der Waals surface area contributed by atoms with E-state index in [0.29, 0.717) is 22.4 Å². The molecule has 2 aromatic rings. The predicted octanol–water partition coefficient (Wildman–Crippen LogP) is 2.85. The van der Waals surface area contributed by atoms with Crippen molar-refractivity contribution in [3.63, 3.8) is 0 Å². The Morgan fingerprint density at radius 2 is 1.72 bits per heavy atom. The number of fused-ring (bicyclic) bond motifs is 1. The van der Waals surface area contributed by atoms with Gasteiger partial charge >= 0.3 is 0 Å². The smallest absolute Gasteiger partial charge is 0.269 e. The molecule has 3 rings (SSSR count). The predicted molar refractivity (Wildman–Crippen MR) is 96.5 cm³/mol. The van der Waals surface area contributed by atoms with Gasteiger partial charge < -0.3 is 0 Å². The minimum absolute atomic E-state index is 0.0190. The van der Waals surface area contributed by atoms with Gasteiger partial charge in [-0.25, -0.2) is 5.43 Å². The topological polar surface area (TPSA) is 78.8 Å². The van der Waals surface area contributed by atoms with Crippen LogP contribution in [0.3, 0.4) is 0 Å². The number of imide groups is 1. The van der Waals surface area contributed by atoms with Gasteiger partial charge in [-0.15, -0.1) is 0 Å². The van der Waals surface area contributed by atoms with Gasteiger partial charge in [-0.3, -0.25) is 19.3 Å². The maximum Gasteiger partial charge on any atom is 0.271 e. The van der Waals surface area contributed by atoms with E-state index in [9.17, 15) is 14.4 Å². The highest BCUT2D eigenvalue weighted by Crippen LogP contribution is 2.22. The Balaban J connectivity index is 1.68. The Labute approximate surface area is 152 Å². The van der Waals surface area contributed by atoms with Crippen LogP contribution in [0.25, 0.3) is 0 Å². The highest BCUT2D eigenvalue weighted by Gasteiger charge is 2.35. The summed E-state index contributed by atoms with van der Waals surface area (Å²) in [6.45, 7) is 1.66. The van der Waals surface area contributed by atoms with E-state index in [4.69, 9.17) is 0 Å². The summed E-state index contributed by atoms with van der Waals surface area (Å²) in [5.74, 6) is -1.08. The van der Waals surface area contributed by atoms with Crippen LogP contribution in [0.2, 0.25) is 0 Å². The zero-order valence-electron chi connectivity index (χ0n) is 13.3. The lowest BCUT2D eigenvalue weighted by Gasteiger charge is -2.13. The molecule has 126 valence electrons. The summed E-state index contributed by atoms with van der Waals surface area (Å²) in [5, 5.41) is 3.98. The number of benzene rings is 2. The zero-order chi connectivity index (χ0) is 18.0. The van der Waals surface area contributed by atoms with Crippen molar-refractivity contribution < 1.29 is 14.4 Å². The van der Waals surface area contributed by atoms with Gasteiger partial charge in [-0.05, 0) is 37.3 Å². The third-order valence-electron chi connectivity index (χ3n) is 3.70. The molecular formula is C18H14BrN3O3. The minimum Gasteiger partial charge on any atom is -0.269 e. The highest BCUT2D eigenvalue weighted by atomic mass is 79.9. The van der Waals surface area contributed by atoms with Gasteiger partial charge in [0.25, 0.3) is 17.7 Å². The standard InChI is InChI=1S/C18H14BrN3O3/c1-11(20-21-16(23)12-5-4-6-13(19)9-12)10-22-17(24)14-7-2-3-8-15(14)18(22)25/h2-9H,10H2,1H3,(H,21,23). The first-order valence-corrected chi connectivity index (χ1v) is 8.31. The summed E-state index contributed by atoms with van der Waals surface area (Å²) < 4.78 is 0.784. The van der Waals surface area contributed by atoms with Crippen LogP contribution in [-0.4, -0.2) is 34.9 Å². The van der Waals surface area contributed by atoms with Crippen LogP contribution in [-0.2, 0) is 0 Å². The quantitative estimate of drug-likeness (QED) is 0.487. The minimum atomic E-state index is -0.372. The largest absolute Gasteiger partial charge is 0.271 e. The number of carbonyl (C=O) groups excluding carboxylic acids is 3. The molecule has 0 saturated carbocycles. The number of hydrazone groups is 1. The molecule has 0 aliphatic carbocycles. The van der Waals surface area contributed by atoms with Crippen LogP contribution in [0.1, 0.15) is 38.0 Å². The first-order valence-electron chi connectivity index (χ1n) is 7.51. The summed E-state index contributed by atoms with van der Waals surface area (Å²) in [7, 11) is 0. The van der Waals surface area contributed by atoms with Gasteiger partial charge in [-0.1, -0.05) is 34.1 Å². The van der Waals surface area contributed by atoms with E-state index < -0.39 is 0 Å². The molecule has 0 unspecified atom stereocenters. The summed E-state index contributed by atoms with van der Waals surface area (Å²) in [6, 6.07) is 13.6. The molecular weight excluding hydrogens is 386 g/mol. The SMILES string of the molecule is CC(CN1C(=O)c2ccccc2C1=O)=NNC(=O)c1cccc(Br)c1. The fraction of sp³-hybridized carbons (Fsp3) is 0.111. The molecule has 0 spiro atoms. The molecule has 0 bridgehead atoms. The number of amides is 3. The van der Waals surface area contributed by atoms with Crippen molar-refractivity contribution in [2.24, 2.45) is 5.10 Å². The van der Waals surface area contributed by atoms with Crippen molar-refractivity contribution >= 4 is 39.4 Å². The van der Waals surface area contributed by atoms with Crippen molar-refractivity contribution in [1.29, 1.82) is 0 Å². The number of halogens is 1. The van der Waals surface area contributed by atoms with Gasteiger partial charge in [0.1, 0.15) is 0 Å². The first kappa shape index (κ1) is 17.0. The van der Waals surface area contributed by atoms with E-state index in [-0.39, 0.29) is 24.3 Å². The second kappa shape index (κ2) is 6.98. The number of hydrogen-bond donors (Lipinski definition) is 1. The Hall–Kier alpha value is -2.80. The lowest BCUT2D eigenvalue weighted by Crippen LogP contribution is -2.35. The van der Waals surface area contributed by atoms with Gasteiger partial charge in [0.15, 0.2) is 0 Å². The number of nitrogens with one attached hydrogen (secondary N) is 1. The average molecular weight is 400 g/mol. The van der Waals surface area contributed by atoms with Gasteiger partial charge in [-0.2, -0.15) is 5.10 Å². The molecule has 1 aliphatic rings. The maximum absolute atomic E-state index is 12.3. The Bertz CT molecular complexity index is 873. The second-order valence-electron chi connectivity index (χ2n) is 5.54. The molecule has 1 heterocycles. The summed E-state index contributed by atoms with van der Waals surface area (Å²) in [5.41, 5.74) is 4.10. The van der Waals surface area contributed by atoms with E-state index in [2.05, 4.69) is 26.5 Å². The van der Waals surface area contributed by atoms with Crippen LogP contribution in [0.15, 0.2) is 58.1 Å². The lowest BCUT2D eigenvalue weighted by atomic mass is 10.1. The lowest BCUT2D eigenvalue weighted by molar-refractivity contribution is 0.0677. The average Bonchev–Trinajstić information content (AvgIpc) is 2.85. The molecule has 0 saturated heterocycles. The zero-order valence-corrected chi connectivity index (χ0v) is 14.9. The van der Waals surface area contributed by atoms with Crippen LogP contribution in [0.5, 0.6) is 0 Å². The van der Waals surface area contributed by atoms with E-state index in [1.54, 1.807) is 49.4 Å². The number of carbonyl (C=O) groups is 3. The first-order chi connectivity index (χ1) is 12.0. The highest BCUT2D eigenvalue weighted by molar-refractivity contribution is 9.10. The van der Waals surface area contributed by atoms with E-state index in [0.717, 1.165) is 9.37 Å². The van der Waals surface area contributed by atoms with Crippen LogP contribution < -0.4 is 5.43 Å². The summed E-state index contributed by atoms with van der Waals surface area (Å²) >= 11 is 3.30. The summed E-state index contributed by atoms with van der Waals surface area (Å²) in [4.78, 5) is 37.8. The van der Waals surface area contributed by atoms with Crippen molar-refractivity contribution in [2.75, 3.05) is 6.54 Å². The Morgan fingerprint density at radius 3 is 2.32 bits per heavy atom. The Kier molecular flexibility index (Phi) is 4.76. The molecule has 0 radical (unpaired) electrons. The summed E-state index contributed by atoms with van der Waals surface area (Å²) in [6.07, 6.45) is 0. The number of hydrogen-bond acceptors (Lipinski definition) is 4. The monoisotopic (exact) mass is 399 g/mol. The molecule has 25 heavy (non-hydrogen) atoms. The fourth-order valence-corrected chi connectivity index (χ4v) is 2.89. The normalized spacial score (nSPS) is 13.8. The molecule has 7 heteroatoms. The van der Waals surface area contributed by atoms with Crippen molar-refractivity contribution in [3.05, 3.63) is 69.7 Å². The third-order valence-corrected chi connectivity index (χ3v) is 4.19. The maximum atomic E-state index is 12.3. The van der Waals surface area contributed by atoms with Crippen molar-refractivity contribution in [3.8, 4) is 0 Å². The van der Waals surface area contributed by atoms with Crippen LogP contribution in [0.4, 0.5) is 0 Å². The third kappa shape index (κ3) is 3.51. The molecule has 0 aromatic heterocycles. The fourth-order valence-electron chi connectivity index (χ4n) is 2.49. The molecule has 6 nitrogen and oxygen atoms in total. The number of nitrogens with zero attached hydrogens (tertiary/aromatic N) is 2.